The minimum Gasteiger partial charge on any atom is -0.459 e. The Morgan fingerprint density at radius 3 is 2.84 bits per heavy atom. The highest BCUT2D eigenvalue weighted by atomic mass is 16.3. The van der Waals surface area contributed by atoms with Gasteiger partial charge in [0.15, 0.2) is 17.4 Å². The van der Waals surface area contributed by atoms with Crippen LogP contribution in [0.15, 0.2) is 65.4 Å². The number of fused-ring (bicyclic) bond motifs is 1. The van der Waals surface area contributed by atoms with Gasteiger partial charge in [-0.05, 0) is 30.3 Å². The maximum absolute atomic E-state index is 12.3. The van der Waals surface area contributed by atoms with Crippen molar-refractivity contribution in [3.8, 4) is 11.9 Å². The number of nitriles is 1. The number of hydrogen-bond donors (Lipinski definition) is 1. The standard InChI is InChI=1S/C18H11N5O2/c19-10-13-11-20-23(17(13)22-18(24)15-6-3-9-25-15)16-8-7-12-4-1-2-5-14(12)21-16/h1-9,11H,(H,22,24). The first kappa shape index (κ1) is 14.7. The van der Waals surface area contributed by atoms with E-state index in [2.05, 4.69) is 15.4 Å². The van der Waals surface area contributed by atoms with Crippen molar-refractivity contribution in [1.29, 1.82) is 5.26 Å². The molecule has 0 aliphatic heterocycles. The summed E-state index contributed by atoms with van der Waals surface area (Å²) in [7, 11) is 0. The van der Waals surface area contributed by atoms with E-state index in [0.717, 1.165) is 10.9 Å². The molecule has 4 aromatic rings. The SMILES string of the molecule is N#Cc1cnn(-c2ccc3ccccc3n2)c1NC(=O)c1ccco1. The highest BCUT2D eigenvalue weighted by molar-refractivity contribution is 6.02. The average molecular weight is 329 g/mol. The molecule has 0 atom stereocenters. The van der Waals surface area contributed by atoms with Gasteiger partial charge in [-0.15, -0.1) is 0 Å². The van der Waals surface area contributed by atoms with Crippen molar-refractivity contribution in [3.63, 3.8) is 0 Å². The van der Waals surface area contributed by atoms with Crippen molar-refractivity contribution in [1.82, 2.24) is 14.8 Å². The summed E-state index contributed by atoms with van der Waals surface area (Å²) in [4.78, 5) is 16.8. The summed E-state index contributed by atoms with van der Waals surface area (Å²) in [5.74, 6) is 0.411. The van der Waals surface area contributed by atoms with Gasteiger partial charge in [-0.1, -0.05) is 18.2 Å². The maximum atomic E-state index is 12.3. The Labute approximate surface area is 142 Å². The van der Waals surface area contributed by atoms with Crippen LogP contribution in [0.5, 0.6) is 0 Å². The van der Waals surface area contributed by atoms with E-state index in [0.29, 0.717) is 5.82 Å². The Balaban J connectivity index is 1.78. The van der Waals surface area contributed by atoms with Gasteiger partial charge in [-0.2, -0.15) is 15.0 Å². The van der Waals surface area contributed by atoms with Crippen LogP contribution in [0.3, 0.4) is 0 Å². The van der Waals surface area contributed by atoms with Gasteiger partial charge in [0.25, 0.3) is 5.91 Å². The van der Waals surface area contributed by atoms with Crippen LogP contribution >= 0.6 is 0 Å². The van der Waals surface area contributed by atoms with Crippen molar-refractivity contribution in [3.05, 3.63) is 72.3 Å². The van der Waals surface area contributed by atoms with Crippen molar-refractivity contribution in [2.24, 2.45) is 0 Å². The number of rotatable bonds is 3. The number of benzene rings is 1. The lowest BCUT2D eigenvalue weighted by molar-refractivity contribution is 0.0996. The molecule has 0 fully saturated rings. The van der Waals surface area contributed by atoms with Crippen molar-refractivity contribution >= 4 is 22.6 Å². The number of amides is 1. The molecule has 1 aromatic carbocycles. The topological polar surface area (TPSA) is 96.7 Å². The predicted molar refractivity (Wildman–Crippen MR) is 90.2 cm³/mol. The molecule has 0 radical (unpaired) electrons. The average Bonchev–Trinajstić information content (AvgIpc) is 3.31. The molecular weight excluding hydrogens is 318 g/mol. The number of aromatic nitrogens is 3. The number of nitrogens with one attached hydrogen (secondary N) is 1. The monoisotopic (exact) mass is 329 g/mol. The van der Waals surface area contributed by atoms with E-state index in [-0.39, 0.29) is 17.1 Å². The first-order valence-electron chi connectivity index (χ1n) is 7.45. The maximum Gasteiger partial charge on any atom is 0.292 e. The molecule has 0 unspecified atom stereocenters. The van der Waals surface area contributed by atoms with Crippen LogP contribution in [0.25, 0.3) is 16.7 Å². The van der Waals surface area contributed by atoms with Crippen LogP contribution in [0, 0.1) is 11.3 Å². The lowest BCUT2D eigenvalue weighted by Gasteiger charge is -2.08. The lowest BCUT2D eigenvalue weighted by Crippen LogP contribution is -2.15. The zero-order valence-corrected chi connectivity index (χ0v) is 12.9. The summed E-state index contributed by atoms with van der Waals surface area (Å²) >= 11 is 0. The molecule has 0 saturated carbocycles. The van der Waals surface area contributed by atoms with Gasteiger partial charge in [-0.3, -0.25) is 4.79 Å². The quantitative estimate of drug-likeness (QED) is 0.623. The molecule has 4 rings (SSSR count). The molecule has 0 saturated heterocycles. The van der Waals surface area contributed by atoms with Gasteiger partial charge in [0.2, 0.25) is 0 Å². The number of anilines is 1. The Kier molecular flexibility index (Phi) is 3.48. The first-order chi connectivity index (χ1) is 12.3. The van der Waals surface area contributed by atoms with Gasteiger partial charge >= 0.3 is 0 Å². The molecule has 3 aromatic heterocycles. The number of para-hydroxylation sites is 1. The molecule has 120 valence electrons. The van der Waals surface area contributed by atoms with Crippen LogP contribution in [0.4, 0.5) is 5.82 Å². The van der Waals surface area contributed by atoms with Gasteiger partial charge < -0.3 is 9.73 Å². The second-order valence-corrected chi connectivity index (χ2v) is 5.22. The molecule has 0 aliphatic rings. The van der Waals surface area contributed by atoms with E-state index in [9.17, 15) is 10.1 Å². The van der Waals surface area contributed by atoms with Gasteiger partial charge in [0, 0.05) is 5.39 Å². The lowest BCUT2D eigenvalue weighted by atomic mass is 10.2. The Bertz CT molecular complexity index is 1110. The number of carbonyl (C=O) groups excluding carboxylic acids is 1. The van der Waals surface area contributed by atoms with Crippen LogP contribution in [0.2, 0.25) is 0 Å². The molecule has 0 spiro atoms. The van der Waals surface area contributed by atoms with Crippen molar-refractivity contribution in [2.75, 3.05) is 5.32 Å². The minimum atomic E-state index is -0.468. The minimum absolute atomic E-state index is 0.142. The Morgan fingerprint density at radius 2 is 2.04 bits per heavy atom. The highest BCUT2D eigenvalue weighted by Crippen LogP contribution is 2.21. The first-order valence-corrected chi connectivity index (χ1v) is 7.45. The van der Waals surface area contributed by atoms with Gasteiger partial charge in [0.05, 0.1) is 18.0 Å². The number of furan rings is 1. The van der Waals surface area contributed by atoms with Crippen molar-refractivity contribution < 1.29 is 9.21 Å². The van der Waals surface area contributed by atoms with Gasteiger partial charge in [0.1, 0.15) is 11.6 Å². The third-order valence-electron chi connectivity index (χ3n) is 3.67. The zero-order valence-electron chi connectivity index (χ0n) is 12.9. The molecule has 1 amide bonds. The van der Waals surface area contributed by atoms with E-state index in [1.165, 1.54) is 23.2 Å². The number of hydrogen-bond acceptors (Lipinski definition) is 5. The second kappa shape index (κ2) is 5.94. The third kappa shape index (κ3) is 2.62. The molecule has 0 aliphatic carbocycles. The Morgan fingerprint density at radius 1 is 1.16 bits per heavy atom. The van der Waals surface area contributed by atoms with Gasteiger partial charge in [-0.25, -0.2) is 4.98 Å². The second-order valence-electron chi connectivity index (χ2n) is 5.22. The molecule has 1 N–H and O–H groups in total. The van der Waals surface area contributed by atoms with E-state index < -0.39 is 5.91 Å². The smallest absolute Gasteiger partial charge is 0.292 e. The van der Waals surface area contributed by atoms with Crippen LogP contribution in [0.1, 0.15) is 16.1 Å². The summed E-state index contributed by atoms with van der Waals surface area (Å²) in [6.07, 6.45) is 2.79. The molecule has 7 heteroatoms. The summed E-state index contributed by atoms with van der Waals surface area (Å²) in [5.41, 5.74) is 1.02. The van der Waals surface area contributed by atoms with Crippen LogP contribution in [-0.4, -0.2) is 20.7 Å². The molecular formula is C18H11N5O2. The fourth-order valence-electron chi connectivity index (χ4n) is 2.47. The van der Waals surface area contributed by atoms with E-state index in [1.807, 2.05) is 36.4 Å². The predicted octanol–water partition coefficient (Wildman–Crippen LogP) is 3.14. The molecule has 3 heterocycles. The Hall–Kier alpha value is -3.92. The fourth-order valence-corrected chi connectivity index (χ4v) is 2.47. The normalized spacial score (nSPS) is 10.5. The van der Waals surface area contributed by atoms with Crippen molar-refractivity contribution in [2.45, 2.75) is 0 Å². The molecule has 25 heavy (non-hydrogen) atoms. The van der Waals surface area contributed by atoms with E-state index in [1.54, 1.807) is 12.1 Å². The van der Waals surface area contributed by atoms with E-state index >= 15 is 0 Å². The molecule has 0 bridgehead atoms. The van der Waals surface area contributed by atoms with Crippen LogP contribution in [-0.2, 0) is 0 Å². The highest BCUT2D eigenvalue weighted by Gasteiger charge is 2.18. The number of carbonyl (C=O) groups is 1. The summed E-state index contributed by atoms with van der Waals surface area (Å²) in [5, 5.41) is 17.1. The molecule has 7 nitrogen and oxygen atoms in total. The third-order valence-corrected chi connectivity index (χ3v) is 3.67. The van der Waals surface area contributed by atoms with Crippen LogP contribution < -0.4 is 5.32 Å². The zero-order chi connectivity index (χ0) is 17.2. The summed E-state index contributed by atoms with van der Waals surface area (Å²) < 4.78 is 6.50. The number of pyridine rings is 1. The van der Waals surface area contributed by atoms with E-state index in [4.69, 9.17) is 4.42 Å². The number of nitrogens with zero attached hydrogens (tertiary/aromatic N) is 4. The largest absolute Gasteiger partial charge is 0.459 e. The summed E-state index contributed by atoms with van der Waals surface area (Å²) in [6, 6.07) is 16.5. The fraction of sp³-hybridized carbons (Fsp3) is 0. The summed E-state index contributed by atoms with van der Waals surface area (Å²) in [6.45, 7) is 0.